The second-order valence-electron chi connectivity index (χ2n) is 20.8. The number of halogens is 7. The summed E-state index contributed by atoms with van der Waals surface area (Å²) >= 11 is 22.3. The van der Waals surface area contributed by atoms with Gasteiger partial charge >= 0.3 is 113 Å². The monoisotopic (exact) mass is 1680 g/mol. The van der Waals surface area contributed by atoms with E-state index in [-0.39, 0.29) is 75.4 Å². The number of aromatic nitrogens is 6. The van der Waals surface area contributed by atoms with Crippen molar-refractivity contribution in [3.05, 3.63) is 129 Å². The van der Waals surface area contributed by atoms with Crippen molar-refractivity contribution in [1.29, 1.82) is 0 Å². The first-order valence-electron chi connectivity index (χ1n) is 28.7. The van der Waals surface area contributed by atoms with Gasteiger partial charge in [-0.2, -0.15) is 0 Å². The molecule has 0 amide bonds. The molecule has 0 aliphatic carbocycles. The van der Waals surface area contributed by atoms with Gasteiger partial charge in [-0.25, -0.2) is 46.2 Å². The van der Waals surface area contributed by atoms with Crippen LogP contribution in [-0.2, 0) is 74.5 Å². The first-order valence-corrected chi connectivity index (χ1v) is 39.9. The van der Waals surface area contributed by atoms with Crippen LogP contribution in [0.15, 0.2) is 89.8 Å². The van der Waals surface area contributed by atoms with Gasteiger partial charge in [0.05, 0.1) is 25.9 Å². The van der Waals surface area contributed by atoms with E-state index < -0.39 is 176 Å². The summed E-state index contributed by atoms with van der Waals surface area (Å²) in [5, 5.41) is 46.1. The van der Waals surface area contributed by atoms with Crippen LogP contribution in [0.2, 0.25) is 0 Å². The van der Waals surface area contributed by atoms with E-state index in [9.17, 15) is 94.5 Å². The van der Waals surface area contributed by atoms with Crippen LogP contribution in [0.4, 0.5) is 13.2 Å². The third kappa shape index (κ3) is 33.6. The maximum absolute atomic E-state index is 14.7. The molecule has 9 N–H and O–H groups in total. The van der Waals surface area contributed by atoms with Crippen molar-refractivity contribution in [2.24, 2.45) is 5.92 Å². The number of ether oxygens (including phenoxy) is 3. The molecule has 1 aromatic carbocycles. The summed E-state index contributed by atoms with van der Waals surface area (Å²) in [7, 11) is -23.7. The van der Waals surface area contributed by atoms with Crippen molar-refractivity contribution >= 4 is 98.4 Å². The van der Waals surface area contributed by atoms with Crippen LogP contribution in [0.1, 0.15) is 95.3 Å². The molecule has 57 heteroatoms. The Morgan fingerprint density at radius 2 is 1.04 bits per heavy atom. The van der Waals surface area contributed by atoms with Crippen molar-refractivity contribution in [2.45, 2.75) is 131 Å². The zero-order valence-corrected chi connectivity index (χ0v) is 65.2. The largest absolute Gasteiger partial charge is 1.00 e. The molecule has 4 aliphatic rings. The fourth-order valence-corrected chi connectivity index (χ4v) is 13.4. The molecule has 5 unspecified atom stereocenters. The number of unbranched alkanes of at least 4 members (excludes halogenated alkanes) is 3. The van der Waals surface area contributed by atoms with Crippen molar-refractivity contribution in [2.75, 3.05) is 46.1 Å². The van der Waals surface area contributed by atoms with Gasteiger partial charge in [0.25, 0.3) is 58.6 Å². The topological polar surface area (TPSA) is 572 Å². The van der Waals surface area contributed by atoms with Crippen LogP contribution in [0.5, 0.6) is 5.75 Å². The van der Waals surface area contributed by atoms with Gasteiger partial charge in [0, 0.05) is 49.4 Å². The molecule has 3 aromatic heterocycles. The maximum atomic E-state index is 14.7. The van der Waals surface area contributed by atoms with Crippen LogP contribution in [-0.4, -0.2) is 162 Å². The SMILES string of the molecule is CCCCN(CCCC)CCCC.CP(=O)(OOOOO)P=O.C[C@@H]1[C@@H](CO)O[C@@H](n2ccc(=O)[nH]c2=O)[C@@]1(F)Cl.O=C1OP(Cl)Oc2ccccc21.O=c1ccn([C@@H]2O[C@H](CO)[C@@H](O)[C@]2(F)Cl)c(=O)[nH]1.O=c1ccn([C@@H]2O[C@H](COP(=O)([O-])OP(=O)([O-])OP(=O)([O-])O)[C@@H](O)[C@]2(F)Cl)c(=O)[nH]1.[Li+].[Li+].[Li+].[Li+]. The van der Waals surface area contributed by atoms with Crippen LogP contribution in [0, 0.1) is 5.92 Å². The molecule has 40 nitrogen and oxygen atoms in total. The number of hydrogen-bond acceptors (Lipinski definition) is 33. The number of phosphoric ester groups is 1. The number of hydrogen-bond donors (Lipinski definition) is 9. The van der Waals surface area contributed by atoms with Crippen LogP contribution in [0.25, 0.3) is 0 Å². The number of fused-ring (bicyclic) bond motifs is 1. The number of carbonyl (C=O) groups is 1. The first-order chi connectivity index (χ1) is 46.9. The summed E-state index contributed by atoms with van der Waals surface area (Å²) in [5.41, 5.74) is -4.63. The van der Waals surface area contributed by atoms with Crippen molar-refractivity contribution in [1.82, 2.24) is 33.6 Å². The molecular formula is C48H67Cl4F3Li4N7O33P6+. The number of phosphoric acid groups is 3. The van der Waals surface area contributed by atoms with E-state index in [0.717, 1.165) is 48.0 Å². The summed E-state index contributed by atoms with van der Waals surface area (Å²) in [6.07, 6.45) is -2.31. The van der Waals surface area contributed by atoms with E-state index in [1.54, 1.807) is 29.2 Å². The molecule has 574 valence electrons. The van der Waals surface area contributed by atoms with Gasteiger partial charge in [0.15, 0.2) is 18.7 Å². The van der Waals surface area contributed by atoms with E-state index in [0.29, 0.717) is 20.4 Å². The molecule has 7 heterocycles. The van der Waals surface area contributed by atoms with Crippen molar-refractivity contribution in [3.8, 4) is 5.75 Å². The second kappa shape index (κ2) is 48.6. The van der Waals surface area contributed by atoms with E-state index in [1.807, 2.05) is 9.97 Å². The number of benzene rings is 1. The van der Waals surface area contributed by atoms with Gasteiger partial charge in [-0.1, -0.05) is 93.9 Å². The average Bonchev–Trinajstić information content (AvgIpc) is 1.64. The summed E-state index contributed by atoms with van der Waals surface area (Å²) in [6, 6.07) is 9.67. The maximum Gasteiger partial charge on any atom is 1.00 e. The molecule has 8 rings (SSSR count). The van der Waals surface area contributed by atoms with Gasteiger partial charge in [-0.05, 0) is 77.4 Å². The number of aliphatic hydroxyl groups excluding tert-OH is 4. The molecule has 105 heavy (non-hydrogen) atoms. The predicted octanol–water partition coefficient (Wildman–Crippen LogP) is -8.40. The summed E-state index contributed by atoms with van der Waals surface area (Å²) in [6.45, 7) is 10.9. The van der Waals surface area contributed by atoms with Crippen molar-refractivity contribution in [3.63, 3.8) is 0 Å². The summed E-state index contributed by atoms with van der Waals surface area (Å²) in [5.74, 6) is -0.721. The Balaban J connectivity index is 0. The van der Waals surface area contributed by atoms with Gasteiger partial charge in [0.1, 0.15) is 35.7 Å². The molecule has 0 radical (unpaired) electrons. The van der Waals surface area contributed by atoms with Gasteiger partial charge < -0.3 is 72.7 Å². The number of aromatic amines is 3. The molecule has 4 aromatic rings. The van der Waals surface area contributed by atoms with Crippen LogP contribution < -0.4 is 128 Å². The number of nitrogens with zero attached hydrogens (tertiary/aromatic N) is 4. The molecule has 17 atom stereocenters. The molecule has 0 bridgehead atoms. The molecule has 3 saturated heterocycles. The minimum atomic E-state index is -6.17. The van der Waals surface area contributed by atoms with E-state index in [1.165, 1.54) is 65.1 Å². The third-order valence-corrected chi connectivity index (χ3v) is 21.1. The van der Waals surface area contributed by atoms with Crippen molar-refractivity contribution < 1.29 is 218 Å². The van der Waals surface area contributed by atoms with Gasteiger partial charge in [0.2, 0.25) is 5.13 Å². The minimum absolute atomic E-state index is 0. The molecular weight excluding hydrogens is 1610 g/mol. The van der Waals surface area contributed by atoms with Gasteiger partial charge in [-0.3, -0.25) is 65.9 Å². The van der Waals surface area contributed by atoms with E-state index in [2.05, 4.69) is 63.1 Å². The second-order valence-corrected chi connectivity index (χ2v) is 33.0. The van der Waals surface area contributed by atoms with Crippen LogP contribution >= 0.6 is 92.4 Å². The molecule has 3 fully saturated rings. The average molecular weight is 1680 g/mol. The quantitative estimate of drug-likeness (QED) is 0.00704. The smallest absolute Gasteiger partial charge is 0.756 e. The third-order valence-electron chi connectivity index (χ3n) is 13.3. The Morgan fingerprint density at radius 3 is 1.41 bits per heavy atom. The number of H-pyrrole nitrogens is 3. The van der Waals surface area contributed by atoms with E-state index >= 15 is 0 Å². The first kappa shape index (κ1) is 106. The summed E-state index contributed by atoms with van der Waals surface area (Å²) < 4.78 is 138. The number of carbonyl (C=O) groups excluding carboxylic acids is 1. The fourth-order valence-electron chi connectivity index (χ4n) is 8.31. The summed E-state index contributed by atoms with van der Waals surface area (Å²) in [4.78, 5) is 128. The number of alkyl halides is 6. The minimum Gasteiger partial charge on any atom is -0.756 e. The standard InChI is InChI=1S/C12H27N.C10H12ClFN2O4.C9H13ClFN2O14P3.C9H10ClFN2O5.C7H4ClO3P.CH4O7P2.4Li/c1-4-7-10-13(11-8-5-2)12-9-6-3;1-5-6(4-15)18-8(10(5,11)12)14-3-2-7(16)13-9(14)17;10-9(11)6(15)4(25-7(9)13-2-1-5(14)12-8(13)16)3-24-29(20,21)27-30(22,23)26-28(17,18)19;10-9(11)6(16)4(3-14)18-7(9)13-2-1-5(15)12-8(13)17;8-12-10-6-4-2-1-3-5(6)7(9)11-12;1-10(4,9-3)8-7-6-5-2;;;;/h4-12H2,1-3H3;2-3,5-6,8,15H,4H2,1H3,(H,13,16,17);1-2,4,6-7,15H,3H2,(H,20,21)(H,22,23)(H,12,14,16)(H2,17,18,19);1-2,4,6-7,14,16H,3H2,(H,12,15,17);1-4H;2H,1H3;;;;/q;;;;;;4*+1/p-3/t;5-,6-,8-,10-;2*4-,6-,7-,9-;;;;;;/m.111....../s1. The number of aliphatic hydroxyl groups is 4. The molecule has 0 saturated carbocycles. The van der Waals surface area contributed by atoms with Crippen LogP contribution in [0.3, 0.4) is 0 Å². The Labute approximate surface area is 662 Å². The number of para-hydroxylation sites is 1. The Bertz CT molecular complexity index is 3800. The number of rotatable bonds is 26. The zero-order valence-electron chi connectivity index (χ0n) is 56.8. The Kier molecular flexibility index (Phi) is 48.8. The number of nitrogens with one attached hydrogen (secondary N) is 3. The normalized spacial score (nSPS) is 27.0. The predicted molar refractivity (Wildman–Crippen MR) is 338 cm³/mol. The molecule has 0 spiro atoms. The Morgan fingerprint density at radius 1 is 0.638 bits per heavy atom. The zero-order chi connectivity index (χ0) is 76.6. The van der Waals surface area contributed by atoms with E-state index in [4.69, 9.17) is 85.1 Å². The Hall–Kier alpha value is -1.48. The molecule has 4 aliphatic heterocycles. The fraction of sp³-hybridized carbons (Fsp3) is 0.604. The van der Waals surface area contributed by atoms with Gasteiger partial charge in [-0.15, -0.1) is 4.67 Å².